The van der Waals surface area contributed by atoms with Crippen LogP contribution >= 0.6 is 11.3 Å². The number of aliphatic imine (C=N–C) groups is 1. The van der Waals surface area contributed by atoms with E-state index >= 15 is 0 Å². The Bertz CT molecular complexity index is 1630. The molecule has 0 radical (unpaired) electrons. The number of carbonyl (C=O) groups is 4. The van der Waals surface area contributed by atoms with Crippen molar-refractivity contribution < 1.29 is 34.1 Å². The molecule has 204 valence electrons. The highest BCUT2D eigenvalue weighted by Crippen LogP contribution is 2.23. The zero-order valence-electron chi connectivity index (χ0n) is 20.8. The molecule has 0 saturated carbocycles. The van der Waals surface area contributed by atoms with Gasteiger partial charge in [-0.1, -0.05) is 6.07 Å². The topological polar surface area (TPSA) is 198 Å². The maximum absolute atomic E-state index is 13.0. The van der Waals surface area contributed by atoms with Crippen molar-refractivity contribution >= 4 is 57.7 Å². The predicted molar refractivity (Wildman–Crippen MR) is 147 cm³/mol. The first-order chi connectivity index (χ1) is 19.1. The number of carbonyl (C=O) groups excluding carboxylic acids is 2. The lowest BCUT2D eigenvalue weighted by Gasteiger charge is -2.20. The molecule has 0 aliphatic rings. The zero-order valence-corrected chi connectivity index (χ0v) is 21.6. The SMILES string of the molecule is NC(N)=Nc1ccc(C(=O)Oc2ccc3nc(CN(CC(=O)O)C(=O)c4csc(CC(=O)O)c4)ccc3c2)cc1. The van der Waals surface area contributed by atoms with Crippen molar-refractivity contribution in [2.24, 2.45) is 16.5 Å². The van der Waals surface area contributed by atoms with E-state index in [2.05, 4.69) is 9.98 Å². The number of hydrogen-bond donors (Lipinski definition) is 4. The maximum Gasteiger partial charge on any atom is 0.343 e. The van der Waals surface area contributed by atoms with Crippen LogP contribution in [0, 0.1) is 0 Å². The Morgan fingerprint density at radius 2 is 1.68 bits per heavy atom. The number of fused-ring (bicyclic) bond motifs is 1. The van der Waals surface area contributed by atoms with Crippen LogP contribution in [0.2, 0.25) is 0 Å². The summed E-state index contributed by atoms with van der Waals surface area (Å²) in [4.78, 5) is 58.0. The summed E-state index contributed by atoms with van der Waals surface area (Å²) in [6.07, 6.45) is -0.230. The third kappa shape index (κ3) is 7.17. The van der Waals surface area contributed by atoms with Gasteiger partial charge >= 0.3 is 17.9 Å². The maximum atomic E-state index is 13.0. The first-order valence-electron chi connectivity index (χ1n) is 11.7. The summed E-state index contributed by atoms with van der Waals surface area (Å²) >= 11 is 1.12. The molecule has 12 nitrogen and oxygen atoms in total. The molecule has 4 aromatic rings. The number of carboxylic acids is 2. The minimum Gasteiger partial charge on any atom is -0.481 e. The van der Waals surface area contributed by atoms with Crippen molar-refractivity contribution in [2.75, 3.05) is 6.54 Å². The third-order valence-electron chi connectivity index (χ3n) is 5.48. The van der Waals surface area contributed by atoms with Gasteiger partial charge in [-0.3, -0.25) is 19.4 Å². The lowest BCUT2D eigenvalue weighted by Crippen LogP contribution is -2.35. The van der Waals surface area contributed by atoms with Crippen molar-refractivity contribution in [1.29, 1.82) is 0 Å². The van der Waals surface area contributed by atoms with Gasteiger partial charge in [0.2, 0.25) is 0 Å². The fourth-order valence-corrected chi connectivity index (χ4v) is 4.61. The van der Waals surface area contributed by atoms with E-state index in [-0.39, 0.29) is 30.2 Å². The Morgan fingerprint density at radius 1 is 0.925 bits per heavy atom. The van der Waals surface area contributed by atoms with Crippen molar-refractivity contribution in [2.45, 2.75) is 13.0 Å². The lowest BCUT2D eigenvalue weighted by atomic mass is 10.1. The quantitative estimate of drug-likeness (QED) is 0.0966. The number of esters is 1. The van der Waals surface area contributed by atoms with Crippen molar-refractivity contribution in [3.63, 3.8) is 0 Å². The minimum atomic E-state index is -1.20. The molecule has 2 aromatic carbocycles. The monoisotopic (exact) mass is 561 g/mol. The smallest absolute Gasteiger partial charge is 0.343 e. The Kier molecular flexibility index (Phi) is 8.35. The van der Waals surface area contributed by atoms with Gasteiger partial charge in [-0.15, -0.1) is 11.3 Å². The minimum absolute atomic E-state index is 0.0855. The van der Waals surface area contributed by atoms with Crippen LogP contribution in [0.3, 0.4) is 0 Å². The highest BCUT2D eigenvalue weighted by molar-refractivity contribution is 7.10. The van der Waals surface area contributed by atoms with E-state index in [0.717, 1.165) is 16.2 Å². The predicted octanol–water partition coefficient (Wildman–Crippen LogP) is 2.77. The molecular weight excluding hydrogens is 538 g/mol. The molecule has 0 unspecified atom stereocenters. The van der Waals surface area contributed by atoms with E-state index in [4.69, 9.17) is 21.3 Å². The number of thiophene rings is 1. The number of pyridine rings is 1. The van der Waals surface area contributed by atoms with Crippen molar-refractivity contribution in [1.82, 2.24) is 9.88 Å². The molecule has 40 heavy (non-hydrogen) atoms. The Labute approximate surface area is 231 Å². The summed E-state index contributed by atoms with van der Waals surface area (Å²) in [6.45, 7) is -0.651. The van der Waals surface area contributed by atoms with Gasteiger partial charge in [0.1, 0.15) is 12.3 Å². The normalized spacial score (nSPS) is 10.6. The standard InChI is InChI=1S/C27H23N5O7S/c28-27(29)31-18-4-1-15(2-5-18)26(38)39-20-7-8-22-16(9-20)3-6-19(30-22)12-32(13-24(35)36)25(37)17-10-21(40-14-17)11-23(33)34/h1-10,14H,11-13H2,(H,33,34)(H,35,36)(H4,28,29,31). The van der Waals surface area contributed by atoms with Crippen molar-refractivity contribution in [3.05, 3.63) is 87.7 Å². The summed E-state index contributed by atoms with van der Waals surface area (Å²) in [5.74, 6) is -3.17. The second-order valence-corrected chi connectivity index (χ2v) is 9.55. The number of ether oxygens (including phenoxy) is 1. The van der Waals surface area contributed by atoms with Gasteiger partial charge in [0, 0.05) is 15.6 Å². The Balaban J connectivity index is 1.48. The van der Waals surface area contributed by atoms with Gasteiger partial charge in [-0.05, 0) is 54.6 Å². The number of aliphatic carboxylic acids is 2. The largest absolute Gasteiger partial charge is 0.481 e. The van der Waals surface area contributed by atoms with E-state index in [1.165, 1.54) is 23.6 Å². The number of nitrogens with zero attached hydrogens (tertiary/aromatic N) is 3. The van der Waals surface area contributed by atoms with Crippen molar-refractivity contribution in [3.8, 4) is 5.75 Å². The van der Waals surface area contributed by atoms with Crippen LogP contribution in [0.5, 0.6) is 5.75 Å². The van der Waals surface area contributed by atoms with E-state index in [0.29, 0.717) is 32.7 Å². The zero-order chi connectivity index (χ0) is 28.8. The molecule has 0 spiro atoms. The van der Waals surface area contributed by atoms with Crippen LogP contribution in [-0.4, -0.2) is 56.4 Å². The van der Waals surface area contributed by atoms with Crippen LogP contribution in [0.25, 0.3) is 10.9 Å². The number of benzene rings is 2. The molecule has 4 rings (SSSR count). The van der Waals surface area contributed by atoms with Gasteiger partial charge in [0.25, 0.3) is 5.91 Å². The van der Waals surface area contributed by atoms with E-state index < -0.39 is 30.4 Å². The van der Waals surface area contributed by atoms with Gasteiger partial charge < -0.3 is 31.3 Å². The van der Waals surface area contributed by atoms with Gasteiger partial charge in [-0.2, -0.15) is 0 Å². The van der Waals surface area contributed by atoms with Crippen LogP contribution in [0.4, 0.5) is 5.69 Å². The van der Waals surface area contributed by atoms with E-state index in [9.17, 15) is 24.3 Å². The second kappa shape index (κ2) is 12.0. The third-order valence-corrected chi connectivity index (χ3v) is 6.42. The Hall–Kier alpha value is -5.30. The molecular formula is C27H23N5O7S. The molecule has 0 fully saturated rings. The number of rotatable bonds is 10. The first-order valence-corrected chi connectivity index (χ1v) is 12.6. The number of carboxylic acid groups (broad SMARTS) is 2. The number of hydrogen-bond acceptors (Lipinski definition) is 8. The highest BCUT2D eigenvalue weighted by Gasteiger charge is 2.21. The van der Waals surface area contributed by atoms with Gasteiger partial charge in [-0.25, -0.2) is 9.79 Å². The first kappa shape index (κ1) is 27.7. The molecule has 0 atom stereocenters. The average Bonchev–Trinajstić information content (AvgIpc) is 3.35. The van der Waals surface area contributed by atoms with Gasteiger partial charge in [0.15, 0.2) is 5.96 Å². The van der Waals surface area contributed by atoms with Gasteiger partial charge in [0.05, 0.1) is 41.0 Å². The molecule has 13 heteroatoms. The van der Waals surface area contributed by atoms with E-state index in [1.54, 1.807) is 42.5 Å². The summed E-state index contributed by atoms with van der Waals surface area (Å²) < 4.78 is 5.47. The average molecular weight is 562 g/mol. The van der Waals surface area contributed by atoms with E-state index in [1.807, 2.05) is 0 Å². The number of nitrogens with two attached hydrogens (primary N) is 2. The van der Waals surface area contributed by atoms with Crippen LogP contribution in [0.15, 0.2) is 71.0 Å². The molecule has 2 heterocycles. The fourth-order valence-electron chi connectivity index (χ4n) is 3.76. The number of amides is 1. The summed E-state index contributed by atoms with van der Waals surface area (Å²) in [7, 11) is 0. The molecule has 2 aromatic heterocycles. The van der Waals surface area contributed by atoms with Crippen LogP contribution in [0.1, 0.15) is 31.3 Å². The molecule has 0 bridgehead atoms. The molecule has 0 saturated heterocycles. The lowest BCUT2D eigenvalue weighted by molar-refractivity contribution is -0.138. The fraction of sp³-hybridized carbons (Fsp3) is 0.111. The summed E-state index contributed by atoms with van der Waals surface area (Å²) in [5, 5.41) is 20.5. The molecule has 0 aliphatic carbocycles. The second-order valence-electron chi connectivity index (χ2n) is 8.56. The summed E-state index contributed by atoms with van der Waals surface area (Å²) in [5.41, 5.74) is 12.7. The molecule has 6 N–H and O–H groups in total. The summed E-state index contributed by atoms with van der Waals surface area (Å²) in [6, 6.07) is 15.9. The molecule has 1 amide bonds. The van der Waals surface area contributed by atoms with Crippen LogP contribution in [-0.2, 0) is 22.6 Å². The molecule has 0 aliphatic heterocycles. The number of guanidine groups is 1. The number of aromatic nitrogens is 1. The highest BCUT2D eigenvalue weighted by atomic mass is 32.1. The van der Waals surface area contributed by atoms with Crippen LogP contribution < -0.4 is 16.2 Å². The Morgan fingerprint density at radius 3 is 2.35 bits per heavy atom.